The summed E-state index contributed by atoms with van der Waals surface area (Å²) in [4.78, 5) is 26.1. The zero-order valence-electron chi connectivity index (χ0n) is 16.2. The van der Waals surface area contributed by atoms with Crippen LogP contribution in [-0.2, 0) is 0 Å². The average molecular weight is 444 g/mol. The van der Waals surface area contributed by atoms with Crippen LogP contribution in [0.1, 0.15) is 22.5 Å². The molecule has 0 bridgehead atoms. The smallest absolute Gasteiger partial charge is 0.339 e. The van der Waals surface area contributed by atoms with E-state index in [2.05, 4.69) is 0 Å². The van der Waals surface area contributed by atoms with Gasteiger partial charge in [0.15, 0.2) is 0 Å². The molecule has 1 amide bonds. The molecule has 1 aliphatic rings. The van der Waals surface area contributed by atoms with E-state index in [1.54, 1.807) is 42.2 Å². The molecule has 0 N–H and O–H groups in total. The number of rotatable bonds is 4. The third-order valence-electron chi connectivity index (χ3n) is 4.99. The molecular formula is C23H19Cl2NO4. The van der Waals surface area contributed by atoms with Crippen molar-refractivity contribution in [2.45, 2.75) is 19.4 Å². The fourth-order valence-electron chi connectivity index (χ4n) is 3.51. The Morgan fingerprint density at radius 3 is 2.47 bits per heavy atom. The van der Waals surface area contributed by atoms with Crippen molar-refractivity contribution in [1.29, 1.82) is 0 Å². The van der Waals surface area contributed by atoms with Crippen molar-refractivity contribution in [3.63, 3.8) is 0 Å². The number of hydrogen-bond acceptors (Lipinski definition) is 4. The summed E-state index contributed by atoms with van der Waals surface area (Å²) in [7, 11) is 0. The first-order valence-corrected chi connectivity index (χ1v) is 10.3. The van der Waals surface area contributed by atoms with E-state index in [1.807, 2.05) is 18.2 Å². The van der Waals surface area contributed by atoms with Crippen LogP contribution in [0, 0.1) is 6.92 Å². The molecule has 1 fully saturated rings. The maximum Gasteiger partial charge on any atom is 0.339 e. The molecule has 1 atom stereocenters. The highest BCUT2D eigenvalue weighted by Gasteiger charge is 2.28. The van der Waals surface area contributed by atoms with Crippen LogP contribution in [0.2, 0.25) is 10.0 Å². The second kappa shape index (κ2) is 8.54. The van der Waals surface area contributed by atoms with Crippen molar-refractivity contribution in [3.8, 4) is 16.9 Å². The minimum Gasteiger partial charge on any atom is -0.488 e. The van der Waals surface area contributed by atoms with Gasteiger partial charge in [-0.3, -0.25) is 4.79 Å². The predicted octanol–water partition coefficient (Wildman–Crippen LogP) is 5.22. The van der Waals surface area contributed by atoms with Gasteiger partial charge < -0.3 is 14.1 Å². The number of aryl methyl sites for hydroxylation is 1. The first kappa shape index (κ1) is 20.5. The van der Waals surface area contributed by atoms with E-state index in [-0.39, 0.29) is 12.0 Å². The van der Waals surface area contributed by atoms with Gasteiger partial charge in [0.1, 0.15) is 17.6 Å². The lowest BCUT2D eigenvalue weighted by molar-refractivity contribution is 0.0772. The van der Waals surface area contributed by atoms with E-state index < -0.39 is 5.63 Å². The molecule has 2 aromatic carbocycles. The molecule has 0 spiro atoms. The summed E-state index contributed by atoms with van der Waals surface area (Å²) >= 11 is 12.1. The summed E-state index contributed by atoms with van der Waals surface area (Å²) in [5, 5.41) is 0.994. The highest BCUT2D eigenvalue weighted by molar-refractivity contribution is 6.42. The molecule has 1 aliphatic heterocycles. The minimum atomic E-state index is -0.446. The van der Waals surface area contributed by atoms with Gasteiger partial charge in [0, 0.05) is 24.6 Å². The number of amides is 1. The molecular weight excluding hydrogens is 425 g/mol. The summed E-state index contributed by atoms with van der Waals surface area (Å²) in [5.74, 6) is 0.907. The standard InChI is InChI=1S/C23H19Cl2NO4/c1-14-10-19(12-22(27)29-14)30-18-8-9-26(13-18)23(28)16-4-2-15(3-5-16)17-6-7-20(24)21(25)11-17/h2-7,10-12,18H,8-9,13H2,1H3. The maximum absolute atomic E-state index is 12.9. The number of halogens is 2. The normalized spacial score (nSPS) is 16.0. The molecule has 5 nitrogen and oxygen atoms in total. The Labute approximate surface area is 183 Å². The molecule has 154 valence electrons. The van der Waals surface area contributed by atoms with Crippen molar-refractivity contribution in [2.24, 2.45) is 0 Å². The van der Waals surface area contributed by atoms with Crippen molar-refractivity contribution >= 4 is 29.1 Å². The van der Waals surface area contributed by atoms with Gasteiger partial charge in [-0.15, -0.1) is 0 Å². The van der Waals surface area contributed by atoms with Gasteiger partial charge in [-0.25, -0.2) is 4.79 Å². The number of likely N-dealkylation sites (tertiary alicyclic amines) is 1. The highest BCUT2D eigenvalue weighted by atomic mass is 35.5. The van der Waals surface area contributed by atoms with E-state index in [0.29, 0.717) is 46.6 Å². The Morgan fingerprint density at radius 1 is 1.03 bits per heavy atom. The van der Waals surface area contributed by atoms with Crippen LogP contribution in [0.15, 0.2) is 63.8 Å². The fraction of sp³-hybridized carbons (Fsp3) is 0.217. The monoisotopic (exact) mass is 443 g/mol. The van der Waals surface area contributed by atoms with Crippen molar-refractivity contribution in [1.82, 2.24) is 4.90 Å². The quantitative estimate of drug-likeness (QED) is 0.554. The number of benzene rings is 2. The van der Waals surface area contributed by atoms with E-state index in [0.717, 1.165) is 11.1 Å². The number of hydrogen-bond donors (Lipinski definition) is 0. The van der Waals surface area contributed by atoms with E-state index in [9.17, 15) is 9.59 Å². The lowest BCUT2D eigenvalue weighted by Crippen LogP contribution is -2.31. The van der Waals surface area contributed by atoms with Gasteiger partial charge in [0.2, 0.25) is 0 Å². The third-order valence-corrected chi connectivity index (χ3v) is 5.73. The minimum absolute atomic E-state index is 0.0504. The lowest BCUT2D eigenvalue weighted by atomic mass is 10.0. The zero-order valence-corrected chi connectivity index (χ0v) is 17.7. The fourth-order valence-corrected chi connectivity index (χ4v) is 3.81. The molecule has 7 heteroatoms. The van der Waals surface area contributed by atoms with Crippen LogP contribution in [0.25, 0.3) is 11.1 Å². The lowest BCUT2D eigenvalue weighted by Gasteiger charge is -2.17. The highest BCUT2D eigenvalue weighted by Crippen LogP contribution is 2.29. The molecule has 1 saturated heterocycles. The predicted molar refractivity (Wildman–Crippen MR) is 117 cm³/mol. The van der Waals surface area contributed by atoms with Gasteiger partial charge in [-0.05, 0) is 42.3 Å². The Morgan fingerprint density at radius 2 is 1.77 bits per heavy atom. The molecule has 1 unspecified atom stereocenters. The zero-order chi connectivity index (χ0) is 21.3. The molecule has 4 rings (SSSR count). The molecule has 30 heavy (non-hydrogen) atoms. The van der Waals surface area contributed by atoms with Gasteiger partial charge in [-0.2, -0.15) is 0 Å². The molecule has 1 aromatic heterocycles. The second-order valence-electron chi connectivity index (χ2n) is 7.21. The molecule has 2 heterocycles. The van der Waals surface area contributed by atoms with Crippen LogP contribution < -0.4 is 10.4 Å². The van der Waals surface area contributed by atoms with Gasteiger partial charge in [-0.1, -0.05) is 41.4 Å². The summed E-state index contributed by atoms with van der Waals surface area (Å²) < 4.78 is 10.8. The number of carbonyl (C=O) groups excluding carboxylic acids is 1. The van der Waals surface area contributed by atoms with Crippen molar-refractivity contribution in [3.05, 3.63) is 86.4 Å². The maximum atomic E-state index is 12.9. The van der Waals surface area contributed by atoms with Crippen LogP contribution >= 0.6 is 23.2 Å². The van der Waals surface area contributed by atoms with Crippen LogP contribution in [0.4, 0.5) is 0 Å². The number of carbonyl (C=O) groups is 1. The average Bonchev–Trinajstić information content (AvgIpc) is 3.17. The van der Waals surface area contributed by atoms with Crippen LogP contribution in [-0.4, -0.2) is 30.0 Å². The van der Waals surface area contributed by atoms with Crippen LogP contribution in [0.5, 0.6) is 5.75 Å². The largest absolute Gasteiger partial charge is 0.488 e. The second-order valence-corrected chi connectivity index (χ2v) is 8.02. The van der Waals surface area contributed by atoms with E-state index in [4.69, 9.17) is 32.4 Å². The Bertz CT molecular complexity index is 1140. The van der Waals surface area contributed by atoms with E-state index in [1.165, 1.54) is 6.07 Å². The third kappa shape index (κ3) is 4.53. The van der Waals surface area contributed by atoms with Crippen molar-refractivity contribution < 1.29 is 13.9 Å². The van der Waals surface area contributed by atoms with E-state index >= 15 is 0 Å². The van der Waals surface area contributed by atoms with Gasteiger partial charge >= 0.3 is 5.63 Å². The van der Waals surface area contributed by atoms with Gasteiger partial charge in [0.05, 0.1) is 22.7 Å². The number of ether oxygens (including phenoxy) is 1. The first-order valence-electron chi connectivity index (χ1n) is 9.52. The Hall–Kier alpha value is -2.76. The summed E-state index contributed by atoms with van der Waals surface area (Å²) in [6.45, 7) is 2.76. The number of nitrogens with zero attached hydrogens (tertiary/aromatic N) is 1. The summed E-state index contributed by atoms with van der Waals surface area (Å²) in [5.41, 5.74) is 2.04. The topological polar surface area (TPSA) is 59.8 Å². The SMILES string of the molecule is Cc1cc(OC2CCN(C(=O)c3ccc(-c4ccc(Cl)c(Cl)c4)cc3)C2)cc(=O)o1. The summed E-state index contributed by atoms with van der Waals surface area (Å²) in [6, 6.07) is 15.8. The summed E-state index contributed by atoms with van der Waals surface area (Å²) in [6.07, 6.45) is 0.539. The molecule has 0 radical (unpaired) electrons. The Balaban J connectivity index is 1.42. The molecule has 0 aliphatic carbocycles. The van der Waals surface area contributed by atoms with Crippen LogP contribution in [0.3, 0.4) is 0 Å². The van der Waals surface area contributed by atoms with Crippen molar-refractivity contribution in [2.75, 3.05) is 13.1 Å². The molecule has 0 saturated carbocycles. The van der Waals surface area contributed by atoms with Gasteiger partial charge in [0.25, 0.3) is 5.91 Å². The first-order chi connectivity index (χ1) is 14.4. The molecule has 3 aromatic rings. The Kier molecular flexibility index (Phi) is 5.84.